The van der Waals surface area contributed by atoms with Crippen molar-refractivity contribution in [2.24, 2.45) is 11.5 Å². The SMILES string of the molecule is CCCNC(F)(F)CC(N)(N)F. The first-order valence-corrected chi connectivity index (χ1v) is 3.66. The van der Waals surface area contributed by atoms with Gasteiger partial charge in [-0.3, -0.25) is 16.8 Å². The third-order valence-electron chi connectivity index (χ3n) is 1.13. The molecule has 0 aliphatic rings. The van der Waals surface area contributed by atoms with Gasteiger partial charge in [0.05, 0.1) is 6.42 Å². The van der Waals surface area contributed by atoms with E-state index in [1.54, 1.807) is 6.92 Å². The predicted octanol–water partition coefficient (Wildman–Crippen LogP) is 0.510. The monoisotopic (exact) mass is 185 g/mol. The minimum Gasteiger partial charge on any atom is -0.286 e. The summed E-state index contributed by atoms with van der Waals surface area (Å²) in [6.07, 6.45) is -0.690. The average molecular weight is 185 g/mol. The minimum atomic E-state index is -3.34. The molecule has 0 rings (SSSR count). The smallest absolute Gasteiger partial charge is 0.286 e. The van der Waals surface area contributed by atoms with Crippen LogP contribution in [0.3, 0.4) is 0 Å². The van der Waals surface area contributed by atoms with Crippen molar-refractivity contribution in [3.63, 3.8) is 0 Å². The maximum Gasteiger partial charge on any atom is 0.308 e. The Bertz CT molecular complexity index is 132. The molecule has 5 N–H and O–H groups in total. The summed E-state index contributed by atoms with van der Waals surface area (Å²) in [5.74, 6) is -2.83. The second-order valence-electron chi connectivity index (χ2n) is 2.73. The van der Waals surface area contributed by atoms with Crippen molar-refractivity contribution in [1.29, 1.82) is 0 Å². The van der Waals surface area contributed by atoms with Crippen molar-refractivity contribution < 1.29 is 13.2 Å². The number of halogens is 3. The van der Waals surface area contributed by atoms with Gasteiger partial charge in [-0.15, -0.1) is 0 Å². The van der Waals surface area contributed by atoms with Gasteiger partial charge in [0.25, 0.3) is 0 Å². The van der Waals surface area contributed by atoms with Crippen LogP contribution in [0.2, 0.25) is 0 Å². The molecule has 0 fully saturated rings. The maximum absolute atomic E-state index is 12.6. The van der Waals surface area contributed by atoms with E-state index < -0.39 is 18.4 Å². The van der Waals surface area contributed by atoms with Crippen molar-refractivity contribution >= 4 is 0 Å². The van der Waals surface area contributed by atoms with E-state index in [-0.39, 0.29) is 6.54 Å². The number of hydrogen-bond donors (Lipinski definition) is 3. The van der Waals surface area contributed by atoms with E-state index in [9.17, 15) is 13.2 Å². The Hall–Kier alpha value is -0.330. The van der Waals surface area contributed by atoms with Crippen molar-refractivity contribution in [2.45, 2.75) is 31.7 Å². The van der Waals surface area contributed by atoms with Gasteiger partial charge in [-0.2, -0.15) is 8.78 Å². The molecule has 0 radical (unpaired) electrons. The molecule has 6 heteroatoms. The summed E-state index contributed by atoms with van der Waals surface area (Å²) in [7, 11) is 0. The van der Waals surface area contributed by atoms with Gasteiger partial charge in [-0.25, -0.2) is 4.39 Å². The molecule has 0 aliphatic carbocycles. The summed E-state index contributed by atoms with van der Waals surface area (Å²) in [5, 5.41) is 1.83. The zero-order valence-corrected chi connectivity index (χ0v) is 6.91. The molecule has 0 unspecified atom stereocenters. The molecule has 0 atom stereocenters. The van der Waals surface area contributed by atoms with E-state index in [1.807, 2.05) is 5.32 Å². The van der Waals surface area contributed by atoms with E-state index in [4.69, 9.17) is 0 Å². The van der Waals surface area contributed by atoms with Gasteiger partial charge in [-0.05, 0) is 6.42 Å². The molecular weight excluding hydrogens is 171 g/mol. The highest BCUT2D eigenvalue weighted by Crippen LogP contribution is 2.19. The first-order valence-electron chi connectivity index (χ1n) is 3.66. The lowest BCUT2D eigenvalue weighted by Crippen LogP contribution is -2.53. The van der Waals surface area contributed by atoms with E-state index in [0.717, 1.165) is 0 Å². The Morgan fingerprint density at radius 1 is 1.25 bits per heavy atom. The molecule has 3 nitrogen and oxygen atoms in total. The molecule has 0 saturated heterocycles. The quantitative estimate of drug-likeness (QED) is 0.432. The van der Waals surface area contributed by atoms with Crippen LogP contribution in [-0.4, -0.2) is 18.5 Å². The van der Waals surface area contributed by atoms with E-state index >= 15 is 0 Å². The van der Waals surface area contributed by atoms with E-state index in [1.165, 1.54) is 0 Å². The van der Waals surface area contributed by atoms with Gasteiger partial charge >= 0.3 is 6.05 Å². The lowest BCUT2D eigenvalue weighted by Gasteiger charge is -2.22. The molecule has 0 heterocycles. The van der Waals surface area contributed by atoms with Gasteiger partial charge in [0, 0.05) is 6.54 Å². The summed E-state index contributed by atoms with van der Waals surface area (Å²) in [6.45, 7) is 1.82. The van der Waals surface area contributed by atoms with Gasteiger partial charge in [0.1, 0.15) is 0 Å². The van der Waals surface area contributed by atoms with Crippen LogP contribution >= 0.6 is 0 Å². The topological polar surface area (TPSA) is 64.1 Å². The number of rotatable bonds is 5. The largest absolute Gasteiger partial charge is 0.308 e. The fourth-order valence-corrected chi connectivity index (χ4v) is 0.711. The summed E-state index contributed by atoms with van der Waals surface area (Å²) in [6, 6.07) is -3.34. The van der Waals surface area contributed by atoms with Crippen LogP contribution in [0.5, 0.6) is 0 Å². The normalized spacial score (nSPS) is 13.5. The van der Waals surface area contributed by atoms with Crippen LogP contribution in [0.1, 0.15) is 19.8 Å². The zero-order valence-electron chi connectivity index (χ0n) is 6.91. The van der Waals surface area contributed by atoms with Gasteiger partial charge in [0.15, 0.2) is 0 Å². The van der Waals surface area contributed by atoms with E-state index in [2.05, 4.69) is 11.5 Å². The van der Waals surface area contributed by atoms with Crippen LogP contribution in [0.25, 0.3) is 0 Å². The molecule has 0 amide bonds. The zero-order chi connectivity index (χ0) is 9.83. The summed E-state index contributed by atoms with van der Waals surface area (Å²) in [4.78, 5) is 0. The Morgan fingerprint density at radius 2 is 1.75 bits per heavy atom. The summed E-state index contributed by atoms with van der Waals surface area (Å²) in [5.41, 5.74) is 9.17. The fraction of sp³-hybridized carbons (Fsp3) is 1.00. The average Bonchev–Trinajstić information content (AvgIpc) is 1.78. The predicted molar refractivity (Wildman–Crippen MR) is 40.1 cm³/mol. The van der Waals surface area contributed by atoms with Crippen LogP contribution < -0.4 is 16.8 Å². The third-order valence-corrected chi connectivity index (χ3v) is 1.13. The highest BCUT2D eigenvalue weighted by atomic mass is 19.3. The first-order chi connectivity index (χ1) is 5.27. The Balaban J connectivity index is 3.86. The van der Waals surface area contributed by atoms with Gasteiger partial charge in [0.2, 0.25) is 5.92 Å². The highest BCUT2D eigenvalue weighted by molar-refractivity contribution is 4.73. The lowest BCUT2D eigenvalue weighted by atomic mass is 10.3. The molecule has 12 heavy (non-hydrogen) atoms. The molecule has 0 aromatic rings. The molecule has 0 bridgehead atoms. The van der Waals surface area contributed by atoms with Crippen molar-refractivity contribution in [2.75, 3.05) is 6.54 Å². The van der Waals surface area contributed by atoms with Crippen LogP contribution in [0.4, 0.5) is 13.2 Å². The molecule has 0 aliphatic heterocycles. The number of nitrogens with two attached hydrogens (primary N) is 2. The number of nitrogens with one attached hydrogen (secondary N) is 1. The Morgan fingerprint density at radius 3 is 2.08 bits per heavy atom. The number of hydrogen-bond acceptors (Lipinski definition) is 3. The van der Waals surface area contributed by atoms with Crippen molar-refractivity contribution in [3.8, 4) is 0 Å². The summed E-state index contributed by atoms with van der Waals surface area (Å²) < 4.78 is 37.5. The van der Waals surface area contributed by atoms with Crippen molar-refractivity contribution in [3.05, 3.63) is 0 Å². The van der Waals surface area contributed by atoms with Crippen LogP contribution in [0.15, 0.2) is 0 Å². The molecule has 0 aromatic carbocycles. The lowest BCUT2D eigenvalue weighted by molar-refractivity contribution is -0.0809. The highest BCUT2D eigenvalue weighted by Gasteiger charge is 2.37. The third kappa shape index (κ3) is 6.38. The number of alkyl halides is 3. The Kier molecular flexibility index (Phi) is 3.95. The van der Waals surface area contributed by atoms with E-state index in [0.29, 0.717) is 6.42 Å². The summed E-state index contributed by atoms with van der Waals surface area (Å²) >= 11 is 0. The molecule has 0 spiro atoms. The molecule has 74 valence electrons. The van der Waals surface area contributed by atoms with Crippen molar-refractivity contribution in [1.82, 2.24) is 5.32 Å². The van der Waals surface area contributed by atoms with Crippen LogP contribution in [-0.2, 0) is 0 Å². The molecular formula is C6H14F3N3. The second kappa shape index (κ2) is 4.06. The first kappa shape index (κ1) is 11.7. The Labute approximate surface area is 69.3 Å². The van der Waals surface area contributed by atoms with Gasteiger partial charge in [-0.1, -0.05) is 6.92 Å². The minimum absolute atomic E-state index is 0.100. The van der Waals surface area contributed by atoms with Crippen LogP contribution in [0, 0.1) is 0 Å². The maximum atomic E-state index is 12.6. The molecule has 0 saturated carbocycles. The molecule has 0 aromatic heterocycles. The standard InChI is InChI=1S/C6H14F3N3/c1-2-3-12-5(7,8)4-6(9,10)11/h12H,2-4,10-11H2,1H3. The second-order valence-corrected chi connectivity index (χ2v) is 2.73. The fourth-order valence-electron chi connectivity index (χ4n) is 0.711. The van der Waals surface area contributed by atoms with Gasteiger partial charge < -0.3 is 0 Å².